The van der Waals surface area contributed by atoms with Gasteiger partial charge in [0.25, 0.3) is 0 Å². The summed E-state index contributed by atoms with van der Waals surface area (Å²) in [5.41, 5.74) is 4.41. The number of aryl methyl sites for hydroxylation is 2. The second-order valence-corrected chi connectivity index (χ2v) is 7.49. The zero-order chi connectivity index (χ0) is 14.4. The maximum Gasteiger partial charge on any atom is 0.0195 e. The molecule has 0 saturated heterocycles. The highest BCUT2D eigenvalue weighted by atomic mass is 32.2. The normalized spacial score (nSPS) is 18.1. The van der Waals surface area contributed by atoms with Crippen LogP contribution in [0.25, 0.3) is 0 Å². The van der Waals surface area contributed by atoms with Crippen molar-refractivity contribution < 1.29 is 0 Å². The summed E-state index contributed by atoms with van der Waals surface area (Å²) in [6.07, 6.45) is 8.37. The van der Waals surface area contributed by atoms with Crippen LogP contribution in [-0.2, 0) is 6.42 Å². The highest BCUT2D eigenvalue weighted by Gasteiger charge is 2.17. The molecule has 1 saturated carbocycles. The van der Waals surface area contributed by atoms with E-state index in [4.69, 9.17) is 0 Å². The van der Waals surface area contributed by atoms with E-state index in [1.807, 2.05) is 0 Å². The van der Waals surface area contributed by atoms with Crippen LogP contribution in [0.4, 0.5) is 0 Å². The maximum absolute atomic E-state index is 3.52. The summed E-state index contributed by atoms with van der Waals surface area (Å²) >= 11 is 2.20. The summed E-state index contributed by atoms with van der Waals surface area (Å²) in [4.78, 5) is 0. The van der Waals surface area contributed by atoms with Gasteiger partial charge in [0.15, 0.2) is 0 Å². The van der Waals surface area contributed by atoms with Crippen molar-refractivity contribution in [2.75, 3.05) is 12.8 Å². The molecule has 0 radical (unpaired) electrons. The van der Waals surface area contributed by atoms with E-state index in [9.17, 15) is 0 Å². The van der Waals surface area contributed by atoms with Crippen LogP contribution in [0.2, 0.25) is 0 Å². The molecule has 1 aliphatic rings. The molecule has 1 N–H and O–H groups in total. The van der Waals surface area contributed by atoms with Crippen molar-refractivity contribution in [1.29, 1.82) is 0 Å². The summed E-state index contributed by atoms with van der Waals surface area (Å²) in [6, 6.07) is 7.24. The third kappa shape index (κ3) is 4.53. The van der Waals surface area contributed by atoms with Gasteiger partial charge in [-0.15, -0.1) is 0 Å². The highest BCUT2D eigenvalue weighted by molar-refractivity contribution is 7.99. The molecule has 112 valence electrons. The van der Waals surface area contributed by atoms with Gasteiger partial charge in [0.1, 0.15) is 0 Å². The Morgan fingerprint density at radius 2 is 1.80 bits per heavy atom. The average molecular weight is 292 g/mol. The van der Waals surface area contributed by atoms with E-state index < -0.39 is 0 Å². The number of hydrogen-bond acceptors (Lipinski definition) is 2. The summed E-state index contributed by atoms with van der Waals surface area (Å²) in [5, 5.41) is 4.44. The third-order valence-corrected chi connectivity index (χ3v) is 6.13. The van der Waals surface area contributed by atoms with Gasteiger partial charge in [-0.2, -0.15) is 11.8 Å². The molecule has 1 atom stereocenters. The zero-order valence-electron chi connectivity index (χ0n) is 13.2. The number of nitrogens with one attached hydrogen (secondary N) is 1. The smallest absolute Gasteiger partial charge is 0.0195 e. The topological polar surface area (TPSA) is 12.0 Å². The van der Waals surface area contributed by atoms with Crippen LogP contribution in [0.5, 0.6) is 0 Å². The van der Waals surface area contributed by atoms with E-state index in [-0.39, 0.29) is 0 Å². The number of rotatable bonds is 6. The molecular formula is C18H29NS. The number of likely N-dealkylation sites (N-methyl/N-ethyl adjacent to an activating group) is 1. The Hall–Kier alpha value is -0.470. The number of thioether (sulfide) groups is 1. The Morgan fingerprint density at radius 3 is 2.40 bits per heavy atom. The lowest BCUT2D eigenvalue weighted by Crippen LogP contribution is -2.31. The lowest BCUT2D eigenvalue weighted by atomic mass is 9.97. The number of hydrogen-bond donors (Lipinski definition) is 1. The summed E-state index contributed by atoms with van der Waals surface area (Å²) < 4.78 is 0. The molecule has 2 heteroatoms. The fraction of sp³-hybridized carbons (Fsp3) is 0.667. The van der Waals surface area contributed by atoms with Gasteiger partial charge in [-0.25, -0.2) is 0 Å². The Labute approximate surface area is 128 Å². The van der Waals surface area contributed by atoms with Crippen LogP contribution in [0.15, 0.2) is 18.2 Å². The molecular weight excluding hydrogens is 262 g/mol. The van der Waals surface area contributed by atoms with Crippen LogP contribution in [0.3, 0.4) is 0 Å². The van der Waals surface area contributed by atoms with Gasteiger partial charge >= 0.3 is 0 Å². The van der Waals surface area contributed by atoms with Crippen molar-refractivity contribution in [2.24, 2.45) is 0 Å². The first-order valence-corrected chi connectivity index (χ1v) is 9.09. The maximum atomic E-state index is 3.52. The first kappa shape index (κ1) is 15.9. The van der Waals surface area contributed by atoms with Gasteiger partial charge in [-0.05, 0) is 56.8 Å². The minimum Gasteiger partial charge on any atom is -0.316 e. The average Bonchev–Trinajstić information content (AvgIpc) is 2.47. The van der Waals surface area contributed by atoms with Crippen LogP contribution in [0, 0.1) is 13.8 Å². The monoisotopic (exact) mass is 291 g/mol. The van der Waals surface area contributed by atoms with Crippen molar-refractivity contribution in [1.82, 2.24) is 5.32 Å². The Morgan fingerprint density at radius 1 is 1.15 bits per heavy atom. The van der Waals surface area contributed by atoms with Gasteiger partial charge in [0, 0.05) is 17.0 Å². The van der Waals surface area contributed by atoms with Gasteiger partial charge < -0.3 is 5.32 Å². The van der Waals surface area contributed by atoms with Crippen molar-refractivity contribution in [3.8, 4) is 0 Å². The third-order valence-electron chi connectivity index (χ3n) is 4.59. The fourth-order valence-electron chi connectivity index (χ4n) is 3.15. The molecule has 0 aliphatic heterocycles. The van der Waals surface area contributed by atoms with E-state index in [2.05, 4.69) is 56.2 Å². The first-order chi connectivity index (χ1) is 9.70. The Kier molecular flexibility index (Phi) is 6.44. The van der Waals surface area contributed by atoms with Crippen molar-refractivity contribution >= 4 is 11.8 Å². The molecule has 1 fully saturated rings. The molecule has 0 amide bonds. The van der Waals surface area contributed by atoms with Crippen molar-refractivity contribution in [2.45, 2.75) is 63.7 Å². The standard InChI is InChI=1S/C18H29NS/c1-14-8-7-9-15(2)18(14)12-16(19-3)13-20-17-10-5-4-6-11-17/h7-9,16-17,19H,4-6,10-13H2,1-3H3. The summed E-state index contributed by atoms with van der Waals surface area (Å²) in [6.45, 7) is 4.48. The van der Waals surface area contributed by atoms with Crippen LogP contribution >= 0.6 is 11.8 Å². The molecule has 0 spiro atoms. The van der Waals surface area contributed by atoms with E-state index in [1.54, 1.807) is 0 Å². The van der Waals surface area contributed by atoms with Gasteiger partial charge in [0.05, 0.1) is 0 Å². The van der Waals surface area contributed by atoms with Crippen LogP contribution in [0.1, 0.15) is 48.8 Å². The minimum absolute atomic E-state index is 0.599. The molecule has 0 bridgehead atoms. The van der Waals surface area contributed by atoms with Crippen LogP contribution < -0.4 is 5.32 Å². The predicted molar refractivity (Wildman–Crippen MR) is 91.8 cm³/mol. The Bertz CT molecular complexity index is 390. The lowest BCUT2D eigenvalue weighted by molar-refractivity contribution is 0.514. The fourth-order valence-corrected chi connectivity index (χ4v) is 4.60. The molecule has 2 rings (SSSR count). The molecule has 0 aromatic heterocycles. The second kappa shape index (κ2) is 8.09. The molecule has 1 aliphatic carbocycles. The number of benzene rings is 1. The zero-order valence-corrected chi connectivity index (χ0v) is 14.1. The lowest BCUT2D eigenvalue weighted by Gasteiger charge is -2.24. The highest BCUT2D eigenvalue weighted by Crippen LogP contribution is 2.29. The quantitative estimate of drug-likeness (QED) is 0.828. The van der Waals surface area contributed by atoms with Gasteiger partial charge in [0.2, 0.25) is 0 Å². The Balaban J connectivity index is 1.88. The van der Waals surface area contributed by atoms with E-state index in [0.29, 0.717) is 6.04 Å². The van der Waals surface area contributed by atoms with Crippen molar-refractivity contribution in [3.05, 3.63) is 34.9 Å². The van der Waals surface area contributed by atoms with Gasteiger partial charge in [-0.1, -0.05) is 37.5 Å². The molecule has 1 unspecified atom stereocenters. The van der Waals surface area contributed by atoms with E-state index >= 15 is 0 Å². The predicted octanol–water partition coefficient (Wildman–Crippen LogP) is 4.50. The molecule has 1 aromatic carbocycles. The summed E-state index contributed by atoms with van der Waals surface area (Å²) in [5.74, 6) is 1.24. The first-order valence-electron chi connectivity index (χ1n) is 8.04. The molecule has 20 heavy (non-hydrogen) atoms. The molecule has 0 heterocycles. The van der Waals surface area contributed by atoms with Crippen molar-refractivity contribution in [3.63, 3.8) is 0 Å². The van der Waals surface area contributed by atoms with E-state index in [0.717, 1.165) is 11.7 Å². The second-order valence-electron chi connectivity index (χ2n) is 6.15. The molecule has 1 aromatic rings. The largest absolute Gasteiger partial charge is 0.316 e. The summed E-state index contributed by atoms with van der Waals surface area (Å²) in [7, 11) is 2.11. The molecule has 1 nitrogen and oxygen atoms in total. The minimum atomic E-state index is 0.599. The van der Waals surface area contributed by atoms with Gasteiger partial charge in [-0.3, -0.25) is 0 Å². The SMILES string of the molecule is CNC(CSC1CCCCC1)Cc1c(C)cccc1C. The van der Waals surface area contributed by atoms with E-state index in [1.165, 1.54) is 54.5 Å². The van der Waals surface area contributed by atoms with Crippen LogP contribution in [-0.4, -0.2) is 24.1 Å².